The fourth-order valence-electron chi connectivity index (χ4n) is 2.41. The zero-order valence-corrected chi connectivity index (χ0v) is 16.2. The van der Waals surface area contributed by atoms with E-state index in [0.29, 0.717) is 11.4 Å². The Hall–Kier alpha value is -1.94. The quantitative estimate of drug-likeness (QED) is 0.606. The molecule has 1 amide bonds. The molecule has 1 unspecified atom stereocenters. The maximum atomic E-state index is 12.6. The van der Waals surface area contributed by atoms with Crippen LogP contribution >= 0.6 is 0 Å². The van der Waals surface area contributed by atoms with E-state index in [9.17, 15) is 18.0 Å². The van der Waals surface area contributed by atoms with Crippen LogP contribution in [-0.4, -0.2) is 46.8 Å². The zero-order valence-electron chi connectivity index (χ0n) is 15.4. The molecule has 0 saturated heterocycles. The SMILES string of the molecule is Cc1nn(C)c(C)c1S(=O)(=O)NC(C)C(=O)NC(C)(C)CCC(=O)O. The molecule has 1 aromatic heterocycles. The van der Waals surface area contributed by atoms with Gasteiger partial charge in [-0.15, -0.1) is 0 Å². The molecule has 0 aliphatic carbocycles. The third-order valence-corrected chi connectivity index (χ3v) is 5.65. The Balaban J connectivity index is 2.85. The molecule has 0 bridgehead atoms. The average Bonchev–Trinajstić information content (AvgIpc) is 2.69. The number of hydrogen-bond acceptors (Lipinski definition) is 5. The molecule has 10 heteroatoms. The fourth-order valence-corrected chi connectivity index (χ4v) is 4.05. The first-order valence-electron chi connectivity index (χ1n) is 7.83. The first kappa shape index (κ1) is 21.1. The maximum Gasteiger partial charge on any atom is 0.303 e. The number of carbonyl (C=O) groups excluding carboxylic acids is 1. The van der Waals surface area contributed by atoms with Crippen molar-refractivity contribution in [3.05, 3.63) is 11.4 Å². The van der Waals surface area contributed by atoms with E-state index in [-0.39, 0.29) is 17.7 Å². The monoisotopic (exact) mass is 374 g/mol. The Labute approximate surface area is 147 Å². The van der Waals surface area contributed by atoms with Crippen LogP contribution in [0.15, 0.2) is 4.90 Å². The highest BCUT2D eigenvalue weighted by molar-refractivity contribution is 7.89. The molecule has 142 valence electrons. The molecule has 0 fully saturated rings. The van der Waals surface area contributed by atoms with Crippen LogP contribution in [0.4, 0.5) is 0 Å². The van der Waals surface area contributed by atoms with Crippen LogP contribution in [0.5, 0.6) is 0 Å². The molecular formula is C15H26N4O5S. The van der Waals surface area contributed by atoms with Crippen molar-refractivity contribution in [1.29, 1.82) is 0 Å². The molecule has 1 atom stereocenters. The standard InChI is InChI=1S/C15H26N4O5S/c1-9-13(11(3)19(6)17-9)25(23,24)18-10(2)14(22)16-15(4,5)8-7-12(20)21/h10,18H,7-8H2,1-6H3,(H,16,22)(H,20,21). The van der Waals surface area contributed by atoms with Gasteiger partial charge in [0.05, 0.1) is 17.4 Å². The second kappa shape index (κ2) is 7.52. The van der Waals surface area contributed by atoms with Crippen molar-refractivity contribution in [3.8, 4) is 0 Å². The summed E-state index contributed by atoms with van der Waals surface area (Å²) in [4.78, 5) is 23.0. The van der Waals surface area contributed by atoms with E-state index in [4.69, 9.17) is 5.11 Å². The largest absolute Gasteiger partial charge is 0.481 e. The minimum atomic E-state index is -3.91. The topological polar surface area (TPSA) is 130 Å². The van der Waals surface area contributed by atoms with Crippen LogP contribution in [0.3, 0.4) is 0 Å². The molecule has 0 aliphatic rings. The Morgan fingerprint density at radius 1 is 1.32 bits per heavy atom. The van der Waals surface area contributed by atoms with Gasteiger partial charge in [-0.2, -0.15) is 9.82 Å². The van der Waals surface area contributed by atoms with Gasteiger partial charge in [0, 0.05) is 19.0 Å². The minimum absolute atomic E-state index is 0.0554. The molecule has 3 N–H and O–H groups in total. The van der Waals surface area contributed by atoms with Crippen LogP contribution in [0, 0.1) is 13.8 Å². The molecular weight excluding hydrogens is 348 g/mol. The van der Waals surface area contributed by atoms with E-state index in [1.165, 1.54) is 11.6 Å². The summed E-state index contributed by atoms with van der Waals surface area (Å²) < 4.78 is 28.9. The Bertz CT molecular complexity index is 767. The van der Waals surface area contributed by atoms with E-state index in [2.05, 4.69) is 15.1 Å². The molecule has 1 aromatic rings. The highest BCUT2D eigenvalue weighted by Crippen LogP contribution is 2.19. The molecule has 0 aliphatic heterocycles. The molecule has 0 spiro atoms. The number of nitrogens with one attached hydrogen (secondary N) is 2. The molecule has 0 aromatic carbocycles. The van der Waals surface area contributed by atoms with Crippen LogP contribution in [-0.2, 0) is 26.7 Å². The number of carbonyl (C=O) groups is 2. The number of carboxylic acid groups (broad SMARTS) is 1. The summed E-state index contributed by atoms with van der Waals surface area (Å²) in [6, 6.07) is -1.02. The lowest BCUT2D eigenvalue weighted by Crippen LogP contribution is -2.52. The van der Waals surface area contributed by atoms with Gasteiger partial charge in [-0.1, -0.05) is 0 Å². The predicted molar refractivity (Wildman–Crippen MR) is 91.6 cm³/mol. The van der Waals surface area contributed by atoms with Crippen LogP contribution in [0.25, 0.3) is 0 Å². The van der Waals surface area contributed by atoms with Gasteiger partial charge in [0.1, 0.15) is 4.90 Å². The summed E-state index contributed by atoms with van der Waals surface area (Å²) in [6.45, 7) is 8.02. The number of aromatic nitrogens is 2. The van der Waals surface area contributed by atoms with E-state index < -0.39 is 33.5 Å². The van der Waals surface area contributed by atoms with E-state index in [1.54, 1.807) is 34.7 Å². The molecule has 9 nitrogen and oxygen atoms in total. The molecule has 0 radical (unpaired) electrons. The lowest BCUT2D eigenvalue weighted by Gasteiger charge is -2.27. The summed E-state index contributed by atoms with van der Waals surface area (Å²) in [5.74, 6) is -1.49. The molecule has 0 saturated carbocycles. The number of hydrogen-bond donors (Lipinski definition) is 3. The summed E-state index contributed by atoms with van der Waals surface area (Å²) in [6.07, 6.45) is 0.135. The average molecular weight is 374 g/mol. The first-order chi connectivity index (χ1) is 11.3. The van der Waals surface area contributed by atoms with Gasteiger partial charge in [0.25, 0.3) is 0 Å². The number of sulfonamides is 1. The second-order valence-corrected chi connectivity index (χ2v) is 8.38. The summed E-state index contributed by atoms with van der Waals surface area (Å²) in [7, 11) is -2.27. The normalized spacial score (nSPS) is 13.5. The summed E-state index contributed by atoms with van der Waals surface area (Å²) >= 11 is 0. The summed E-state index contributed by atoms with van der Waals surface area (Å²) in [5, 5.41) is 15.5. The van der Waals surface area contributed by atoms with Gasteiger partial charge in [-0.05, 0) is 41.0 Å². The maximum absolute atomic E-state index is 12.6. The lowest BCUT2D eigenvalue weighted by atomic mass is 9.98. The number of rotatable bonds is 8. The number of aliphatic carboxylic acids is 1. The van der Waals surface area contributed by atoms with Gasteiger partial charge in [-0.3, -0.25) is 14.3 Å². The molecule has 1 heterocycles. The molecule has 25 heavy (non-hydrogen) atoms. The van der Waals surface area contributed by atoms with E-state index in [0.717, 1.165) is 0 Å². The number of amides is 1. The van der Waals surface area contributed by atoms with Crippen LogP contribution < -0.4 is 10.0 Å². The lowest BCUT2D eigenvalue weighted by molar-refractivity contribution is -0.137. The zero-order chi connectivity index (χ0) is 19.6. The first-order valence-corrected chi connectivity index (χ1v) is 9.31. The minimum Gasteiger partial charge on any atom is -0.481 e. The van der Waals surface area contributed by atoms with Gasteiger partial charge in [-0.25, -0.2) is 8.42 Å². The van der Waals surface area contributed by atoms with Crippen LogP contribution in [0.1, 0.15) is 45.0 Å². The van der Waals surface area contributed by atoms with Gasteiger partial charge >= 0.3 is 5.97 Å². The summed E-state index contributed by atoms with van der Waals surface area (Å²) in [5.41, 5.74) is 0.0521. The Morgan fingerprint density at radius 3 is 2.32 bits per heavy atom. The van der Waals surface area contributed by atoms with Crippen molar-refractivity contribution in [2.75, 3.05) is 0 Å². The highest BCUT2D eigenvalue weighted by atomic mass is 32.2. The Morgan fingerprint density at radius 2 is 1.88 bits per heavy atom. The van der Waals surface area contributed by atoms with E-state index in [1.807, 2.05) is 0 Å². The highest BCUT2D eigenvalue weighted by Gasteiger charge is 2.30. The van der Waals surface area contributed by atoms with Gasteiger partial charge in [0.2, 0.25) is 15.9 Å². The smallest absolute Gasteiger partial charge is 0.303 e. The van der Waals surface area contributed by atoms with Crippen molar-refractivity contribution >= 4 is 21.9 Å². The van der Waals surface area contributed by atoms with Crippen molar-refractivity contribution in [3.63, 3.8) is 0 Å². The van der Waals surface area contributed by atoms with Crippen LogP contribution in [0.2, 0.25) is 0 Å². The van der Waals surface area contributed by atoms with Crippen molar-refractivity contribution in [1.82, 2.24) is 19.8 Å². The third kappa shape index (κ3) is 5.53. The second-order valence-electron chi connectivity index (χ2n) is 6.73. The van der Waals surface area contributed by atoms with E-state index >= 15 is 0 Å². The van der Waals surface area contributed by atoms with Gasteiger partial charge in [0.15, 0.2) is 0 Å². The third-order valence-electron chi connectivity index (χ3n) is 3.86. The van der Waals surface area contributed by atoms with Crippen molar-refractivity contribution in [2.45, 2.75) is 63.9 Å². The van der Waals surface area contributed by atoms with Crippen molar-refractivity contribution < 1.29 is 23.1 Å². The Kier molecular flexibility index (Phi) is 6.35. The predicted octanol–water partition coefficient (Wildman–Crippen LogP) is 0.463. The number of carboxylic acids is 1. The number of nitrogens with zero attached hydrogens (tertiary/aromatic N) is 2. The molecule has 1 rings (SSSR count). The fraction of sp³-hybridized carbons (Fsp3) is 0.667. The van der Waals surface area contributed by atoms with Crippen molar-refractivity contribution in [2.24, 2.45) is 7.05 Å². The van der Waals surface area contributed by atoms with Gasteiger partial charge < -0.3 is 10.4 Å². The number of aryl methyl sites for hydroxylation is 2.